The fourth-order valence-corrected chi connectivity index (χ4v) is 3.66. The highest BCUT2D eigenvalue weighted by atomic mass is 32.2. The lowest BCUT2D eigenvalue weighted by atomic mass is 10.2. The van der Waals surface area contributed by atoms with Crippen molar-refractivity contribution in [3.8, 4) is 11.5 Å². The zero-order valence-corrected chi connectivity index (χ0v) is 15.6. The van der Waals surface area contributed by atoms with Crippen LogP contribution in [0.25, 0.3) is 6.08 Å². The zero-order chi connectivity index (χ0) is 19.4. The molecule has 27 heavy (non-hydrogen) atoms. The van der Waals surface area contributed by atoms with Gasteiger partial charge in [0.15, 0.2) is 11.5 Å². The second-order valence-electron chi connectivity index (χ2n) is 6.14. The monoisotopic (exact) mass is 392 g/mol. The number of amides is 3. The van der Waals surface area contributed by atoms with E-state index >= 15 is 0 Å². The number of imide groups is 1. The van der Waals surface area contributed by atoms with Crippen molar-refractivity contribution in [1.29, 1.82) is 0 Å². The number of rotatable bonds is 6. The van der Waals surface area contributed by atoms with E-state index in [0.717, 1.165) is 29.5 Å². The van der Waals surface area contributed by atoms with Crippen LogP contribution in [0.5, 0.6) is 11.5 Å². The fraction of sp³-hybridized carbons (Fsp3) is 0.389. The molecule has 2 aliphatic heterocycles. The van der Waals surface area contributed by atoms with Gasteiger partial charge < -0.3 is 19.9 Å². The van der Waals surface area contributed by atoms with Crippen molar-refractivity contribution in [2.24, 2.45) is 0 Å². The van der Waals surface area contributed by atoms with Gasteiger partial charge in [-0.1, -0.05) is 6.07 Å². The highest BCUT2D eigenvalue weighted by molar-refractivity contribution is 8.18. The summed E-state index contributed by atoms with van der Waals surface area (Å²) in [5.74, 6) is -0.703. The number of hydrogen-bond donors (Lipinski definition) is 2. The molecule has 0 unspecified atom stereocenters. The standard InChI is InChI=1S/C18H20N2O6S/c1-25-14-5-4-11(7-13(14)21)8-15-17(23)20(18(24)27-15)10-16(22)19-9-12-3-2-6-26-12/h4-5,7-8,12,21H,2-3,6,9-10H2,1H3,(H,19,22)/b15-8-/t12-/m0/s1. The first-order chi connectivity index (χ1) is 13.0. The molecule has 144 valence electrons. The maximum Gasteiger partial charge on any atom is 0.294 e. The highest BCUT2D eigenvalue weighted by Gasteiger charge is 2.36. The largest absolute Gasteiger partial charge is 0.504 e. The first-order valence-corrected chi connectivity index (χ1v) is 9.30. The third kappa shape index (κ3) is 4.61. The number of phenolic OH excluding ortho intramolecular Hbond substituents is 1. The molecule has 8 nitrogen and oxygen atoms in total. The second kappa shape index (κ2) is 8.45. The molecule has 0 spiro atoms. The van der Waals surface area contributed by atoms with Crippen LogP contribution in [0.3, 0.4) is 0 Å². The van der Waals surface area contributed by atoms with Gasteiger partial charge in [-0.3, -0.25) is 19.3 Å². The van der Waals surface area contributed by atoms with E-state index in [1.807, 2.05) is 0 Å². The number of nitrogens with zero attached hydrogens (tertiary/aromatic N) is 1. The van der Waals surface area contributed by atoms with Gasteiger partial charge in [-0.05, 0) is 48.4 Å². The van der Waals surface area contributed by atoms with E-state index in [1.54, 1.807) is 12.1 Å². The Morgan fingerprint density at radius 2 is 2.30 bits per heavy atom. The SMILES string of the molecule is COc1ccc(/C=C2\SC(=O)N(CC(=O)NC[C@@H]3CCCO3)C2=O)cc1O. The molecule has 0 radical (unpaired) electrons. The van der Waals surface area contributed by atoms with Crippen LogP contribution < -0.4 is 10.1 Å². The third-order valence-corrected chi connectivity index (χ3v) is 5.13. The van der Waals surface area contributed by atoms with Crippen molar-refractivity contribution in [2.75, 3.05) is 26.8 Å². The van der Waals surface area contributed by atoms with E-state index in [-0.39, 0.29) is 23.3 Å². The van der Waals surface area contributed by atoms with Gasteiger partial charge in [0.1, 0.15) is 6.54 Å². The number of hydrogen-bond acceptors (Lipinski definition) is 7. The number of ether oxygens (including phenoxy) is 2. The number of benzene rings is 1. The van der Waals surface area contributed by atoms with Crippen LogP contribution in [-0.2, 0) is 14.3 Å². The summed E-state index contributed by atoms with van der Waals surface area (Å²) < 4.78 is 10.4. The maximum absolute atomic E-state index is 12.4. The van der Waals surface area contributed by atoms with Gasteiger partial charge in [0.05, 0.1) is 18.1 Å². The van der Waals surface area contributed by atoms with E-state index in [2.05, 4.69) is 5.32 Å². The molecule has 3 rings (SSSR count). The normalized spacial score (nSPS) is 21.1. The van der Waals surface area contributed by atoms with Crippen molar-refractivity contribution in [3.63, 3.8) is 0 Å². The number of nitrogens with one attached hydrogen (secondary N) is 1. The fourth-order valence-electron chi connectivity index (χ4n) is 2.82. The van der Waals surface area contributed by atoms with E-state index < -0.39 is 17.1 Å². The first kappa shape index (κ1) is 19.2. The summed E-state index contributed by atoms with van der Waals surface area (Å²) >= 11 is 0.759. The topological polar surface area (TPSA) is 105 Å². The van der Waals surface area contributed by atoms with Crippen LogP contribution in [-0.4, -0.2) is 60.0 Å². The molecule has 0 bridgehead atoms. The number of aromatic hydroxyl groups is 1. The molecule has 0 aliphatic carbocycles. The summed E-state index contributed by atoms with van der Waals surface area (Å²) in [6.45, 7) is 0.730. The Morgan fingerprint density at radius 3 is 2.96 bits per heavy atom. The molecule has 3 amide bonds. The molecular weight excluding hydrogens is 372 g/mol. The van der Waals surface area contributed by atoms with Gasteiger partial charge in [0, 0.05) is 13.2 Å². The molecule has 2 fully saturated rings. The first-order valence-electron chi connectivity index (χ1n) is 8.48. The van der Waals surface area contributed by atoms with Crippen LogP contribution in [0.4, 0.5) is 4.79 Å². The Labute approximate surface area is 160 Å². The molecule has 2 saturated heterocycles. The minimum Gasteiger partial charge on any atom is -0.504 e. The Hall–Kier alpha value is -2.52. The minimum absolute atomic E-state index is 0.00786. The predicted octanol–water partition coefficient (Wildman–Crippen LogP) is 1.73. The molecule has 9 heteroatoms. The Kier molecular flexibility index (Phi) is 6.02. The zero-order valence-electron chi connectivity index (χ0n) is 14.8. The van der Waals surface area contributed by atoms with E-state index in [4.69, 9.17) is 9.47 Å². The lowest BCUT2D eigenvalue weighted by Crippen LogP contribution is -2.41. The molecule has 1 aromatic carbocycles. The summed E-state index contributed by atoms with van der Waals surface area (Å²) in [6.07, 6.45) is 3.34. The summed E-state index contributed by atoms with van der Waals surface area (Å²) in [4.78, 5) is 37.7. The number of thioether (sulfide) groups is 1. The highest BCUT2D eigenvalue weighted by Crippen LogP contribution is 2.33. The van der Waals surface area contributed by atoms with E-state index in [0.29, 0.717) is 24.5 Å². The van der Waals surface area contributed by atoms with Crippen LogP contribution in [0.15, 0.2) is 23.1 Å². The number of carbonyl (C=O) groups is 3. The molecule has 1 atom stereocenters. The summed E-state index contributed by atoms with van der Waals surface area (Å²) in [6, 6.07) is 4.64. The quantitative estimate of drug-likeness (QED) is 0.710. The van der Waals surface area contributed by atoms with Crippen LogP contribution in [0, 0.1) is 0 Å². The second-order valence-corrected chi connectivity index (χ2v) is 7.13. The van der Waals surface area contributed by atoms with Crippen molar-refractivity contribution in [2.45, 2.75) is 18.9 Å². The van der Waals surface area contributed by atoms with Crippen LogP contribution >= 0.6 is 11.8 Å². The maximum atomic E-state index is 12.4. The number of phenols is 1. The lowest BCUT2D eigenvalue weighted by Gasteiger charge is -2.14. The van der Waals surface area contributed by atoms with Crippen LogP contribution in [0.2, 0.25) is 0 Å². The van der Waals surface area contributed by atoms with Crippen molar-refractivity contribution in [1.82, 2.24) is 10.2 Å². The van der Waals surface area contributed by atoms with Gasteiger partial charge in [-0.15, -0.1) is 0 Å². The van der Waals surface area contributed by atoms with E-state index in [9.17, 15) is 19.5 Å². The van der Waals surface area contributed by atoms with Gasteiger partial charge in [0.25, 0.3) is 11.1 Å². The average molecular weight is 392 g/mol. The minimum atomic E-state index is -0.535. The predicted molar refractivity (Wildman–Crippen MR) is 99.3 cm³/mol. The van der Waals surface area contributed by atoms with Gasteiger partial charge in [-0.2, -0.15) is 0 Å². The molecule has 2 heterocycles. The molecule has 2 aliphatic rings. The Balaban J connectivity index is 1.62. The van der Waals surface area contributed by atoms with E-state index in [1.165, 1.54) is 19.3 Å². The lowest BCUT2D eigenvalue weighted by molar-refractivity contribution is -0.129. The molecule has 2 N–H and O–H groups in total. The molecule has 1 aromatic rings. The van der Waals surface area contributed by atoms with Gasteiger partial charge in [-0.25, -0.2) is 0 Å². The van der Waals surface area contributed by atoms with Crippen molar-refractivity contribution in [3.05, 3.63) is 28.7 Å². The number of carbonyl (C=O) groups excluding carboxylic acids is 3. The molecular formula is C18H20N2O6S. The smallest absolute Gasteiger partial charge is 0.294 e. The third-order valence-electron chi connectivity index (χ3n) is 4.23. The Bertz CT molecular complexity index is 788. The van der Waals surface area contributed by atoms with Crippen molar-refractivity contribution < 1.29 is 29.0 Å². The van der Waals surface area contributed by atoms with Gasteiger partial charge in [0.2, 0.25) is 5.91 Å². The number of methoxy groups -OCH3 is 1. The molecule has 0 aromatic heterocycles. The average Bonchev–Trinajstić information content (AvgIpc) is 3.24. The summed E-state index contributed by atoms with van der Waals surface area (Å²) in [5, 5.41) is 12.0. The van der Waals surface area contributed by atoms with Crippen LogP contribution in [0.1, 0.15) is 18.4 Å². The summed E-state index contributed by atoms with van der Waals surface area (Å²) in [5.41, 5.74) is 0.543. The van der Waals surface area contributed by atoms with Crippen molar-refractivity contribution >= 4 is 34.9 Å². The Morgan fingerprint density at radius 1 is 1.48 bits per heavy atom. The summed E-state index contributed by atoms with van der Waals surface area (Å²) in [7, 11) is 1.43. The van der Waals surface area contributed by atoms with Gasteiger partial charge >= 0.3 is 0 Å². The molecule has 0 saturated carbocycles.